The van der Waals surface area contributed by atoms with Gasteiger partial charge in [-0.15, -0.1) is 0 Å². The molecule has 0 radical (unpaired) electrons. The zero-order chi connectivity index (χ0) is 33.1. The minimum atomic E-state index is -4.47. The number of nitriles is 1. The van der Waals surface area contributed by atoms with Gasteiger partial charge in [-0.3, -0.25) is 4.79 Å². The Morgan fingerprint density at radius 3 is 2.41 bits per heavy atom. The Balaban J connectivity index is 1.37. The van der Waals surface area contributed by atoms with E-state index in [9.17, 15) is 18.0 Å². The number of thiocarbonyl (C=S) groups is 1. The molecule has 11 heteroatoms. The SMILES string of the molecule is CC(CCC(=S)N(Cc1ccccc1)Cc1ccccc1C(F)(F)F)C(CN)NC(=O)Cc1cncn1Cc1ccc(C#N)cc1. The van der Waals surface area contributed by atoms with Gasteiger partial charge in [0.25, 0.3) is 0 Å². The first-order valence-corrected chi connectivity index (χ1v) is 15.4. The second kappa shape index (κ2) is 16.2. The molecule has 0 aliphatic heterocycles. The standard InChI is InChI=1S/C35H37F3N6OS/c1-25(32(19-40)42-33(45)17-30-20-41-24-44(30)22-28-14-12-26(18-39)13-15-28)11-16-34(46)43(21-27-7-3-2-4-8-27)23-29-9-5-6-10-31(29)35(36,37)38/h2-10,12-15,20,24-25,32H,11,16-17,19,21-23,40H2,1H3,(H,42,45). The van der Waals surface area contributed by atoms with Crippen molar-refractivity contribution in [2.24, 2.45) is 11.7 Å². The van der Waals surface area contributed by atoms with Crippen LogP contribution in [-0.2, 0) is 37.0 Å². The van der Waals surface area contributed by atoms with Crippen LogP contribution < -0.4 is 11.1 Å². The molecule has 4 aromatic rings. The van der Waals surface area contributed by atoms with Gasteiger partial charge in [0.2, 0.25) is 5.91 Å². The van der Waals surface area contributed by atoms with Gasteiger partial charge in [-0.1, -0.05) is 79.8 Å². The zero-order valence-electron chi connectivity index (χ0n) is 25.6. The van der Waals surface area contributed by atoms with E-state index >= 15 is 0 Å². The van der Waals surface area contributed by atoms with Crippen molar-refractivity contribution >= 4 is 23.1 Å². The van der Waals surface area contributed by atoms with E-state index in [4.69, 9.17) is 23.2 Å². The highest BCUT2D eigenvalue weighted by Gasteiger charge is 2.33. The molecule has 3 aromatic carbocycles. The van der Waals surface area contributed by atoms with Gasteiger partial charge < -0.3 is 20.5 Å². The summed E-state index contributed by atoms with van der Waals surface area (Å²) in [5, 5.41) is 12.1. The highest BCUT2D eigenvalue weighted by atomic mass is 32.1. The van der Waals surface area contributed by atoms with E-state index in [0.717, 1.165) is 22.9 Å². The van der Waals surface area contributed by atoms with Crippen molar-refractivity contribution in [3.63, 3.8) is 0 Å². The van der Waals surface area contributed by atoms with Crippen LogP contribution in [0.3, 0.4) is 0 Å². The summed E-state index contributed by atoms with van der Waals surface area (Å²) in [6.45, 7) is 3.10. The molecule has 0 saturated carbocycles. The summed E-state index contributed by atoms with van der Waals surface area (Å²) >= 11 is 5.80. The molecule has 2 unspecified atom stereocenters. The molecule has 1 amide bonds. The smallest absolute Gasteiger partial charge is 0.357 e. The van der Waals surface area contributed by atoms with Crippen LogP contribution in [0.15, 0.2) is 91.4 Å². The number of benzene rings is 3. The molecular weight excluding hydrogens is 609 g/mol. The van der Waals surface area contributed by atoms with Gasteiger partial charge in [0.15, 0.2) is 0 Å². The number of aromatic nitrogens is 2. The molecule has 4 rings (SSSR count). The van der Waals surface area contributed by atoms with Crippen LogP contribution in [-0.4, -0.2) is 37.9 Å². The number of nitrogens with one attached hydrogen (secondary N) is 1. The number of imidazole rings is 1. The molecular formula is C35H37F3N6OS. The summed E-state index contributed by atoms with van der Waals surface area (Å²) in [4.78, 5) is 19.6. The van der Waals surface area contributed by atoms with Crippen molar-refractivity contribution in [1.82, 2.24) is 19.8 Å². The summed E-state index contributed by atoms with van der Waals surface area (Å²) in [6.07, 6.45) is -0.00855. The Kier molecular flexibility index (Phi) is 12.1. The minimum absolute atomic E-state index is 0.0188. The number of nitrogens with zero attached hydrogens (tertiary/aromatic N) is 4. The number of halogens is 3. The van der Waals surface area contributed by atoms with Crippen LogP contribution in [0.4, 0.5) is 13.2 Å². The average Bonchev–Trinajstić information content (AvgIpc) is 3.48. The van der Waals surface area contributed by atoms with Gasteiger partial charge in [0.1, 0.15) is 0 Å². The fourth-order valence-corrected chi connectivity index (χ4v) is 5.51. The third-order valence-electron chi connectivity index (χ3n) is 7.93. The van der Waals surface area contributed by atoms with E-state index in [0.29, 0.717) is 36.5 Å². The summed E-state index contributed by atoms with van der Waals surface area (Å²) in [5.41, 5.74) is 8.79. The Labute approximate surface area is 272 Å². The van der Waals surface area contributed by atoms with Gasteiger partial charge in [-0.05, 0) is 53.6 Å². The number of hydrogen-bond acceptors (Lipinski definition) is 5. The lowest BCUT2D eigenvalue weighted by Gasteiger charge is -2.29. The number of rotatable bonds is 14. The first kappa shape index (κ1) is 34.3. The fourth-order valence-electron chi connectivity index (χ4n) is 5.26. The van der Waals surface area contributed by atoms with Crippen LogP contribution in [0.25, 0.3) is 0 Å². The predicted octanol–water partition coefficient (Wildman–Crippen LogP) is 6.25. The van der Waals surface area contributed by atoms with Crippen LogP contribution in [0.2, 0.25) is 0 Å². The van der Waals surface area contributed by atoms with Crippen LogP contribution in [0.1, 0.15) is 53.3 Å². The first-order valence-electron chi connectivity index (χ1n) is 15.0. The lowest BCUT2D eigenvalue weighted by molar-refractivity contribution is -0.138. The van der Waals surface area contributed by atoms with E-state index in [1.165, 1.54) is 12.1 Å². The Morgan fingerprint density at radius 1 is 1.04 bits per heavy atom. The molecule has 2 atom stereocenters. The Bertz CT molecular complexity index is 1630. The molecule has 7 nitrogen and oxygen atoms in total. The summed E-state index contributed by atoms with van der Waals surface area (Å²) in [7, 11) is 0. The zero-order valence-corrected chi connectivity index (χ0v) is 26.4. The highest BCUT2D eigenvalue weighted by Crippen LogP contribution is 2.33. The third kappa shape index (κ3) is 9.73. The predicted molar refractivity (Wildman–Crippen MR) is 175 cm³/mol. The van der Waals surface area contributed by atoms with Gasteiger partial charge in [0, 0.05) is 44.1 Å². The van der Waals surface area contributed by atoms with E-state index in [2.05, 4.69) is 16.4 Å². The van der Waals surface area contributed by atoms with Crippen LogP contribution in [0.5, 0.6) is 0 Å². The lowest BCUT2D eigenvalue weighted by Crippen LogP contribution is -2.45. The first-order chi connectivity index (χ1) is 22.1. The number of carbonyl (C=O) groups excluding carboxylic acids is 1. The van der Waals surface area contributed by atoms with Crippen molar-refractivity contribution in [3.8, 4) is 6.07 Å². The molecule has 0 saturated heterocycles. The third-order valence-corrected chi connectivity index (χ3v) is 8.39. The maximum Gasteiger partial charge on any atom is 0.416 e. The van der Waals surface area contributed by atoms with Gasteiger partial charge in [-0.25, -0.2) is 4.98 Å². The van der Waals surface area contributed by atoms with E-state index in [1.807, 2.05) is 58.9 Å². The minimum Gasteiger partial charge on any atom is -0.357 e. The molecule has 0 aliphatic carbocycles. The quantitative estimate of drug-likeness (QED) is 0.157. The van der Waals surface area contributed by atoms with Crippen molar-refractivity contribution in [3.05, 3.63) is 125 Å². The molecule has 1 aromatic heterocycles. The second-order valence-corrected chi connectivity index (χ2v) is 11.8. The number of nitrogens with two attached hydrogens (primary N) is 1. The lowest BCUT2D eigenvalue weighted by atomic mass is 9.95. The van der Waals surface area contributed by atoms with E-state index < -0.39 is 11.7 Å². The molecule has 46 heavy (non-hydrogen) atoms. The number of hydrogen-bond donors (Lipinski definition) is 2. The molecule has 1 heterocycles. The largest absolute Gasteiger partial charge is 0.416 e. The van der Waals surface area contributed by atoms with Crippen molar-refractivity contribution in [2.45, 2.75) is 58.0 Å². The molecule has 0 bridgehead atoms. The van der Waals surface area contributed by atoms with Gasteiger partial charge in [-0.2, -0.15) is 18.4 Å². The number of alkyl halides is 3. The van der Waals surface area contributed by atoms with Crippen LogP contribution in [0, 0.1) is 17.2 Å². The average molecular weight is 647 g/mol. The van der Waals surface area contributed by atoms with Crippen molar-refractivity contribution < 1.29 is 18.0 Å². The second-order valence-electron chi connectivity index (χ2n) is 11.3. The van der Waals surface area contributed by atoms with Gasteiger partial charge in [0.05, 0.1) is 34.9 Å². The van der Waals surface area contributed by atoms with Crippen molar-refractivity contribution in [2.75, 3.05) is 6.54 Å². The Hall–Kier alpha value is -4.53. The summed E-state index contributed by atoms with van der Waals surface area (Å²) in [6, 6.07) is 24.1. The van der Waals surface area contributed by atoms with E-state index in [1.54, 1.807) is 30.7 Å². The topological polar surface area (TPSA) is 100.0 Å². The molecule has 0 aliphatic rings. The molecule has 240 valence electrons. The summed E-state index contributed by atoms with van der Waals surface area (Å²) < 4.78 is 43.2. The highest BCUT2D eigenvalue weighted by molar-refractivity contribution is 7.80. The number of carbonyl (C=O) groups is 1. The normalized spacial score (nSPS) is 12.6. The van der Waals surface area contributed by atoms with Crippen molar-refractivity contribution in [1.29, 1.82) is 5.26 Å². The van der Waals surface area contributed by atoms with E-state index in [-0.39, 0.29) is 42.9 Å². The molecule has 0 fully saturated rings. The summed E-state index contributed by atoms with van der Waals surface area (Å²) in [5.74, 6) is -0.239. The number of amides is 1. The monoisotopic (exact) mass is 646 g/mol. The fraction of sp³-hybridized carbons (Fsp3) is 0.314. The Morgan fingerprint density at radius 2 is 1.74 bits per heavy atom. The molecule has 0 spiro atoms. The maximum absolute atomic E-state index is 13.8. The molecule has 3 N–H and O–H groups in total. The van der Waals surface area contributed by atoms with Crippen LogP contribution >= 0.6 is 12.2 Å². The maximum atomic E-state index is 13.8. The van der Waals surface area contributed by atoms with Gasteiger partial charge >= 0.3 is 6.18 Å².